The highest BCUT2D eigenvalue weighted by Crippen LogP contribution is 2.40. The third-order valence-electron chi connectivity index (χ3n) is 2.95. The summed E-state index contributed by atoms with van der Waals surface area (Å²) in [5, 5.41) is 11.6. The number of aliphatic carboxylic acids is 1. The Morgan fingerprint density at radius 3 is 2.79 bits per heavy atom. The predicted octanol–water partition coefficient (Wildman–Crippen LogP) is 2.62. The van der Waals surface area contributed by atoms with Gasteiger partial charge in [-0.25, -0.2) is 0 Å². The molecule has 2 N–H and O–H groups in total. The second kappa shape index (κ2) is 5.93. The van der Waals surface area contributed by atoms with E-state index in [0.717, 1.165) is 16.3 Å². The van der Waals surface area contributed by atoms with E-state index in [1.54, 1.807) is 17.8 Å². The summed E-state index contributed by atoms with van der Waals surface area (Å²) in [6, 6.07) is 7.49. The summed E-state index contributed by atoms with van der Waals surface area (Å²) in [4.78, 5) is 23.6. The molecule has 0 spiro atoms. The zero-order valence-electron chi connectivity index (χ0n) is 10.3. The average molecular weight is 277 g/mol. The van der Waals surface area contributed by atoms with E-state index in [4.69, 9.17) is 5.11 Å². The minimum atomic E-state index is -0.894. The molecule has 0 saturated heterocycles. The summed E-state index contributed by atoms with van der Waals surface area (Å²) in [5.41, 5.74) is 0.732. The van der Waals surface area contributed by atoms with Crippen molar-refractivity contribution < 1.29 is 14.7 Å². The fourth-order valence-electron chi connectivity index (χ4n) is 1.83. The monoisotopic (exact) mass is 277 g/mol. The Morgan fingerprint density at radius 1 is 1.42 bits per heavy atom. The average Bonchev–Trinajstić information content (AvgIpc) is 3.18. The molecule has 1 aromatic rings. The highest BCUT2D eigenvalue weighted by atomic mass is 32.2. The molecule has 100 valence electrons. The quantitative estimate of drug-likeness (QED) is 0.619. The van der Waals surface area contributed by atoms with Crippen LogP contribution in [0.5, 0.6) is 0 Å². The van der Waals surface area contributed by atoms with Crippen LogP contribution in [0.25, 0.3) is 0 Å². The van der Waals surface area contributed by atoms with Crippen molar-refractivity contribution in [3.8, 4) is 0 Å². The molecule has 1 saturated carbocycles. The maximum absolute atomic E-state index is 11.9. The van der Waals surface area contributed by atoms with Crippen molar-refractivity contribution in [2.24, 2.45) is 11.8 Å². The van der Waals surface area contributed by atoms with E-state index in [9.17, 15) is 9.59 Å². The van der Waals surface area contributed by atoms with Gasteiger partial charge in [0.05, 0.1) is 17.5 Å². The van der Waals surface area contributed by atoms with Crippen molar-refractivity contribution in [3.63, 3.8) is 0 Å². The van der Waals surface area contributed by atoms with Crippen LogP contribution in [0.4, 0.5) is 5.69 Å². The van der Waals surface area contributed by atoms with E-state index in [2.05, 4.69) is 11.9 Å². The van der Waals surface area contributed by atoms with Crippen LogP contribution in [-0.4, -0.2) is 22.7 Å². The molecule has 0 aromatic heterocycles. The van der Waals surface area contributed by atoms with Gasteiger partial charge < -0.3 is 10.4 Å². The number of hydrogen-bond donors (Lipinski definition) is 2. The van der Waals surface area contributed by atoms with Crippen molar-refractivity contribution in [1.29, 1.82) is 0 Å². The Balaban J connectivity index is 2.01. The maximum Gasteiger partial charge on any atom is 0.307 e. The van der Waals surface area contributed by atoms with Crippen molar-refractivity contribution in [2.45, 2.75) is 11.3 Å². The molecule has 1 aliphatic rings. The van der Waals surface area contributed by atoms with Crippen LogP contribution in [0.15, 0.2) is 41.8 Å². The molecule has 0 unspecified atom stereocenters. The number of carbonyl (C=O) groups is 2. The van der Waals surface area contributed by atoms with Gasteiger partial charge in [0.2, 0.25) is 5.91 Å². The van der Waals surface area contributed by atoms with E-state index < -0.39 is 17.8 Å². The van der Waals surface area contributed by atoms with Gasteiger partial charge in [0, 0.05) is 10.6 Å². The van der Waals surface area contributed by atoms with Gasteiger partial charge in [-0.2, -0.15) is 0 Å². The highest BCUT2D eigenvalue weighted by molar-refractivity contribution is 7.99. The minimum absolute atomic E-state index is 0.209. The molecule has 2 atom stereocenters. The van der Waals surface area contributed by atoms with Gasteiger partial charge in [-0.3, -0.25) is 9.59 Å². The molecule has 5 heteroatoms. The van der Waals surface area contributed by atoms with E-state index in [1.807, 2.05) is 24.3 Å². The van der Waals surface area contributed by atoms with Crippen molar-refractivity contribution in [1.82, 2.24) is 0 Å². The summed E-state index contributed by atoms with van der Waals surface area (Å²) in [5.74, 6) is -1.26. The lowest BCUT2D eigenvalue weighted by molar-refractivity contribution is -0.139. The van der Waals surface area contributed by atoms with Crippen LogP contribution in [-0.2, 0) is 9.59 Å². The number of benzene rings is 1. The van der Waals surface area contributed by atoms with Crippen LogP contribution in [0.2, 0.25) is 0 Å². The number of thioether (sulfide) groups is 1. The Bertz CT molecular complexity index is 515. The number of carboxylic acids is 1. The number of nitrogens with one attached hydrogen (secondary N) is 1. The summed E-state index contributed by atoms with van der Waals surface area (Å²) >= 11 is 1.58. The molecule has 1 aliphatic carbocycles. The van der Waals surface area contributed by atoms with E-state index >= 15 is 0 Å². The fraction of sp³-hybridized carbons (Fsp3) is 0.286. The topological polar surface area (TPSA) is 66.4 Å². The first-order valence-electron chi connectivity index (χ1n) is 6.00. The lowest BCUT2D eigenvalue weighted by atomic mass is 10.2. The van der Waals surface area contributed by atoms with Crippen molar-refractivity contribution in [3.05, 3.63) is 36.9 Å². The first-order chi connectivity index (χ1) is 9.13. The minimum Gasteiger partial charge on any atom is -0.481 e. The normalized spacial score (nSPS) is 20.6. The number of rotatable bonds is 6. The van der Waals surface area contributed by atoms with Crippen LogP contribution < -0.4 is 5.32 Å². The number of carbonyl (C=O) groups excluding carboxylic acids is 1. The van der Waals surface area contributed by atoms with Gasteiger partial charge >= 0.3 is 5.97 Å². The molecule has 4 nitrogen and oxygen atoms in total. The summed E-state index contributed by atoms with van der Waals surface area (Å²) in [6.07, 6.45) is 2.23. The largest absolute Gasteiger partial charge is 0.481 e. The Kier molecular flexibility index (Phi) is 4.27. The fourth-order valence-corrected chi connectivity index (χ4v) is 2.57. The Morgan fingerprint density at radius 2 is 2.16 bits per heavy atom. The van der Waals surface area contributed by atoms with Crippen molar-refractivity contribution in [2.75, 3.05) is 11.1 Å². The molecular weight excluding hydrogens is 262 g/mol. The van der Waals surface area contributed by atoms with E-state index in [0.29, 0.717) is 6.42 Å². The molecule has 2 rings (SSSR count). The van der Waals surface area contributed by atoms with E-state index in [-0.39, 0.29) is 5.91 Å². The smallest absolute Gasteiger partial charge is 0.307 e. The number of para-hydroxylation sites is 1. The highest BCUT2D eigenvalue weighted by Gasteiger charge is 2.48. The molecule has 0 heterocycles. The van der Waals surface area contributed by atoms with Crippen molar-refractivity contribution >= 4 is 29.3 Å². The molecule has 0 radical (unpaired) electrons. The number of anilines is 1. The molecular formula is C14H15NO3S. The van der Waals surface area contributed by atoms with Gasteiger partial charge in [0.25, 0.3) is 0 Å². The van der Waals surface area contributed by atoms with Gasteiger partial charge in [-0.15, -0.1) is 18.3 Å². The Labute approximate surface area is 115 Å². The second-order valence-electron chi connectivity index (χ2n) is 4.37. The SMILES string of the molecule is C=CCSc1ccccc1NC(=O)[C@@H]1C[C@@H]1C(=O)O. The number of carboxylic acid groups (broad SMARTS) is 1. The molecule has 0 bridgehead atoms. The molecule has 19 heavy (non-hydrogen) atoms. The lowest BCUT2D eigenvalue weighted by Gasteiger charge is -2.09. The maximum atomic E-state index is 11.9. The van der Waals surface area contributed by atoms with Gasteiger partial charge in [0.15, 0.2) is 0 Å². The van der Waals surface area contributed by atoms with E-state index in [1.165, 1.54) is 0 Å². The lowest BCUT2D eigenvalue weighted by Crippen LogP contribution is -2.17. The summed E-state index contributed by atoms with van der Waals surface area (Å²) in [7, 11) is 0. The van der Waals surface area contributed by atoms with Crippen LogP contribution in [0, 0.1) is 11.8 Å². The second-order valence-corrected chi connectivity index (χ2v) is 5.43. The van der Waals surface area contributed by atoms with Crippen LogP contribution in [0.1, 0.15) is 6.42 Å². The first kappa shape index (κ1) is 13.7. The van der Waals surface area contributed by atoms with Gasteiger partial charge in [0.1, 0.15) is 0 Å². The predicted molar refractivity (Wildman–Crippen MR) is 75.2 cm³/mol. The molecule has 1 aromatic carbocycles. The summed E-state index contributed by atoms with van der Waals surface area (Å²) < 4.78 is 0. The third-order valence-corrected chi connectivity index (χ3v) is 4.02. The van der Waals surface area contributed by atoms with Gasteiger partial charge in [-0.1, -0.05) is 18.2 Å². The van der Waals surface area contributed by atoms with Gasteiger partial charge in [-0.05, 0) is 18.6 Å². The zero-order chi connectivity index (χ0) is 13.8. The molecule has 1 amide bonds. The molecule has 0 aliphatic heterocycles. The summed E-state index contributed by atoms with van der Waals surface area (Å²) in [6.45, 7) is 3.66. The number of hydrogen-bond acceptors (Lipinski definition) is 3. The third kappa shape index (κ3) is 3.38. The first-order valence-corrected chi connectivity index (χ1v) is 6.98. The zero-order valence-corrected chi connectivity index (χ0v) is 11.2. The van der Waals surface area contributed by atoms with Crippen LogP contribution >= 0.6 is 11.8 Å². The number of amides is 1. The van der Waals surface area contributed by atoms with Crippen LogP contribution in [0.3, 0.4) is 0 Å². The standard InChI is InChI=1S/C14H15NO3S/c1-2-7-19-12-6-4-3-5-11(12)15-13(16)9-8-10(9)14(17)18/h2-6,9-10H,1,7-8H2,(H,15,16)(H,17,18)/t9-,10+/m1/s1. The molecule has 1 fully saturated rings. The Hall–Kier alpha value is -1.75.